The maximum Gasteiger partial charge on any atom is 0.0430 e. The molecule has 0 aliphatic rings. The van der Waals surface area contributed by atoms with Crippen molar-refractivity contribution in [2.45, 2.75) is 12.5 Å². The fourth-order valence-corrected chi connectivity index (χ4v) is 1.08. The molecule has 6 nitrogen and oxygen atoms in total. The molecule has 0 amide bonds. The van der Waals surface area contributed by atoms with Crippen LogP contribution in [-0.4, -0.2) is 44.7 Å². The Bertz CT molecular complexity index is 154. The van der Waals surface area contributed by atoms with Crippen molar-refractivity contribution in [3.8, 4) is 0 Å². The number of aliphatic carboxylic acids is 1. The zero-order chi connectivity index (χ0) is 10.8. The molecule has 0 radical (unpaired) electrons. The summed E-state index contributed by atoms with van der Waals surface area (Å²) in [5.41, 5.74) is 10.6. The van der Waals surface area contributed by atoms with Crippen LogP contribution in [0.15, 0.2) is 0 Å². The first-order valence-electron chi connectivity index (χ1n) is 4.74. The number of carbonyl (C=O) groups is 1. The number of hydrogen-bond acceptors (Lipinski definition) is 6. The smallest absolute Gasteiger partial charge is 0.0430 e. The maximum absolute atomic E-state index is 10.4. The van der Waals surface area contributed by atoms with Crippen molar-refractivity contribution in [3.63, 3.8) is 0 Å². The van der Waals surface area contributed by atoms with Crippen LogP contribution in [0, 0.1) is 0 Å². The first kappa shape index (κ1) is 13.3. The van der Waals surface area contributed by atoms with Gasteiger partial charge in [-0.1, -0.05) is 0 Å². The van der Waals surface area contributed by atoms with Gasteiger partial charge in [0.25, 0.3) is 0 Å². The zero-order valence-electron chi connectivity index (χ0n) is 8.29. The lowest BCUT2D eigenvalue weighted by molar-refractivity contribution is -0.306. The number of nitrogens with one attached hydrogen (secondary N) is 2. The molecule has 0 heterocycles. The summed E-state index contributed by atoms with van der Waals surface area (Å²) in [5, 5.41) is 16.4. The summed E-state index contributed by atoms with van der Waals surface area (Å²) in [4.78, 5) is 10.4. The minimum Gasteiger partial charge on any atom is -0.550 e. The molecule has 0 bridgehead atoms. The normalized spacial score (nSPS) is 12.7. The summed E-state index contributed by atoms with van der Waals surface area (Å²) in [6, 6.07) is -0.143. The third-order valence-electron chi connectivity index (χ3n) is 1.70. The maximum atomic E-state index is 10.4. The zero-order valence-corrected chi connectivity index (χ0v) is 8.29. The van der Waals surface area contributed by atoms with Gasteiger partial charge in [0, 0.05) is 51.2 Å². The van der Waals surface area contributed by atoms with Gasteiger partial charge < -0.3 is 32.0 Å². The van der Waals surface area contributed by atoms with Crippen molar-refractivity contribution in [2.75, 3.05) is 32.7 Å². The van der Waals surface area contributed by atoms with E-state index in [2.05, 4.69) is 10.6 Å². The van der Waals surface area contributed by atoms with E-state index in [-0.39, 0.29) is 12.5 Å². The molecule has 84 valence electrons. The van der Waals surface area contributed by atoms with Gasteiger partial charge in [-0.15, -0.1) is 0 Å². The second-order valence-corrected chi connectivity index (χ2v) is 3.01. The number of hydrogen-bond donors (Lipinski definition) is 4. The minimum absolute atomic E-state index is 0.0163. The molecular weight excluding hydrogens is 184 g/mol. The van der Waals surface area contributed by atoms with E-state index in [9.17, 15) is 9.90 Å². The topological polar surface area (TPSA) is 116 Å². The van der Waals surface area contributed by atoms with E-state index in [1.165, 1.54) is 0 Å². The van der Waals surface area contributed by atoms with Gasteiger partial charge in [-0.25, -0.2) is 0 Å². The second-order valence-electron chi connectivity index (χ2n) is 3.01. The molecule has 1 atom stereocenters. The highest BCUT2D eigenvalue weighted by atomic mass is 16.4. The lowest BCUT2D eigenvalue weighted by Gasteiger charge is -2.19. The molecule has 0 rings (SSSR count). The Morgan fingerprint density at radius 1 is 1.29 bits per heavy atom. The highest BCUT2D eigenvalue weighted by Crippen LogP contribution is 1.88. The van der Waals surface area contributed by atoms with Gasteiger partial charge in [0.05, 0.1) is 0 Å². The lowest BCUT2D eigenvalue weighted by atomic mass is 10.2. The molecule has 0 aromatic heterocycles. The molecule has 6 heteroatoms. The summed E-state index contributed by atoms with van der Waals surface area (Å²) < 4.78 is 0. The van der Waals surface area contributed by atoms with Crippen LogP contribution >= 0.6 is 0 Å². The molecule has 0 saturated carbocycles. The van der Waals surface area contributed by atoms with Crippen LogP contribution in [0.4, 0.5) is 0 Å². The standard InChI is InChI=1S/C8H20N4O2/c9-1-3-11-6-7(5-8(13)14)12-4-2-10/h7,11-12H,1-6,9-10H2,(H,13,14)/p-1. The third kappa shape index (κ3) is 7.93. The minimum atomic E-state index is -1.06. The lowest BCUT2D eigenvalue weighted by Crippen LogP contribution is -2.45. The van der Waals surface area contributed by atoms with Crippen molar-refractivity contribution >= 4 is 5.97 Å². The Labute approximate surface area is 84.0 Å². The Balaban J connectivity index is 3.66. The number of carboxylic acids is 1. The molecule has 0 aromatic rings. The van der Waals surface area contributed by atoms with Gasteiger partial charge in [0.15, 0.2) is 0 Å². The second kappa shape index (κ2) is 8.89. The predicted molar refractivity (Wildman–Crippen MR) is 52.4 cm³/mol. The van der Waals surface area contributed by atoms with Gasteiger partial charge in [0.1, 0.15) is 0 Å². The molecule has 6 N–H and O–H groups in total. The first-order valence-corrected chi connectivity index (χ1v) is 4.74. The third-order valence-corrected chi connectivity index (χ3v) is 1.70. The summed E-state index contributed by atoms with van der Waals surface area (Å²) in [5.74, 6) is -1.06. The van der Waals surface area contributed by atoms with Crippen LogP contribution in [-0.2, 0) is 4.79 Å². The SMILES string of the molecule is NCCNCC(CC(=O)[O-])NCCN. The summed E-state index contributed by atoms with van der Waals surface area (Å²) in [7, 11) is 0. The van der Waals surface area contributed by atoms with E-state index in [4.69, 9.17) is 11.5 Å². The average Bonchev–Trinajstić information content (AvgIpc) is 2.13. The van der Waals surface area contributed by atoms with Crippen LogP contribution in [0.5, 0.6) is 0 Å². The molecule has 1 unspecified atom stereocenters. The van der Waals surface area contributed by atoms with Gasteiger partial charge in [0.2, 0.25) is 0 Å². The molecule has 14 heavy (non-hydrogen) atoms. The van der Waals surface area contributed by atoms with Gasteiger partial charge in [-0.2, -0.15) is 0 Å². The number of nitrogens with two attached hydrogens (primary N) is 2. The van der Waals surface area contributed by atoms with E-state index in [1.54, 1.807) is 0 Å². The predicted octanol–water partition coefficient (Wildman–Crippen LogP) is -3.41. The number of carboxylic acid groups (broad SMARTS) is 1. The molecule has 0 saturated heterocycles. The number of carbonyl (C=O) groups excluding carboxylic acids is 1. The van der Waals surface area contributed by atoms with E-state index in [0.29, 0.717) is 32.7 Å². The summed E-state index contributed by atoms with van der Waals surface area (Å²) in [6.45, 7) is 2.86. The highest BCUT2D eigenvalue weighted by Gasteiger charge is 2.06. The largest absolute Gasteiger partial charge is 0.550 e. The van der Waals surface area contributed by atoms with Crippen molar-refractivity contribution in [3.05, 3.63) is 0 Å². The van der Waals surface area contributed by atoms with E-state index in [0.717, 1.165) is 0 Å². The van der Waals surface area contributed by atoms with Crippen molar-refractivity contribution in [1.29, 1.82) is 0 Å². The van der Waals surface area contributed by atoms with Crippen LogP contribution in [0.1, 0.15) is 6.42 Å². The quantitative estimate of drug-likeness (QED) is 0.290. The molecular formula is C8H19N4O2-. The Hall–Kier alpha value is -0.690. The first-order chi connectivity index (χ1) is 6.70. The summed E-state index contributed by atoms with van der Waals surface area (Å²) >= 11 is 0. The van der Waals surface area contributed by atoms with Crippen LogP contribution in [0.25, 0.3) is 0 Å². The van der Waals surface area contributed by atoms with Crippen molar-refractivity contribution in [1.82, 2.24) is 10.6 Å². The van der Waals surface area contributed by atoms with E-state index in [1.807, 2.05) is 0 Å². The van der Waals surface area contributed by atoms with Crippen molar-refractivity contribution < 1.29 is 9.90 Å². The summed E-state index contributed by atoms with van der Waals surface area (Å²) in [6.07, 6.45) is -0.0163. The fourth-order valence-electron chi connectivity index (χ4n) is 1.08. The Kier molecular flexibility index (Phi) is 8.45. The van der Waals surface area contributed by atoms with Crippen LogP contribution in [0.2, 0.25) is 0 Å². The number of rotatable bonds is 9. The molecule has 0 aliphatic heterocycles. The Morgan fingerprint density at radius 2 is 1.93 bits per heavy atom. The van der Waals surface area contributed by atoms with Crippen molar-refractivity contribution in [2.24, 2.45) is 11.5 Å². The molecule has 0 aliphatic carbocycles. The molecule has 0 spiro atoms. The Morgan fingerprint density at radius 3 is 2.43 bits per heavy atom. The molecule has 0 aromatic carbocycles. The van der Waals surface area contributed by atoms with Gasteiger partial charge in [-0.3, -0.25) is 0 Å². The van der Waals surface area contributed by atoms with Crippen LogP contribution in [0.3, 0.4) is 0 Å². The van der Waals surface area contributed by atoms with E-state index >= 15 is 0 Å². The fraction of sp³-hybridized carbons (Fsp3) is 0.875. The van der Waals surface area contributed by atoms with E-state index < -0.39 is 5.97 Å². The highest BCUT2D eigenvalue weighted by molar-refractivity contribution is 5.65. The average molecular weight is 203 g/mol. The van der Waals surface area contributed by atoms with Crippen LogP contribution < -0.4 is 27.2 Å². The monoisotopic (exact) mass is 203 g/mol. The van der Waals surface area contributed by atoms with Gasteiger partial charge in [-0.05, 0) is 0 Å². The molecule has 0 fully saturated rings. The van der Waals surface area contributed by atoms with Gasteiger partial charge >= 0.3 is 0 Å².